The van der Waals surface area contributed by atoms with E-state index in [0.717, 1.165) is 39.0 Å². The highest BCUT2D eigenvalue weighted by Crippen LogP contribution is 2.34. The van der Waals surface area contributed by atoms with Crippen LogP contribution in [-0.2, 0) is 12.8 Å². The summed E-state index contributed by atoms with van der Waals surface area (Å²) in [7, 11) is 0. The molecular formula is C20H26N4. The fourth-order valence-corrected chi connectivity index (χ4v) is 4.05. The summed E-state index contributed by atoms with van der Waals surface area (Å²) in [5.74, 6) is 2.28. The van der Waals surface area contributed by atoms with Crippen LogP contribution in [0.15, 0.2) is 42.3 Å². The maximum absolute atomic E-state index is 4.64. The van der Waals surface area contributed by atoms with Crippen LogP contribution in [0, 0.1) is 11.8 Å². The Kier molecular flexibility index (Phi) is 4.48. The van der Waals surface area contributed by atoms with Gasteiger partial charge in [-0.1, -0.05) is 37.3 Å². The second kappa shape index (κ2) is 6.89. The fourth-order valence-electron chi connectivity index (χ4n) is 4.05. The van der Waals surface area contributed by atoms with E-state index in [1.807, 2.05) is 0 Å². The summed E-state index contributed by atoms with van der Waals surface area (Å²) < 4.78 is 0. The number of nitrogens with zero attached hydrogens (tertiary/aromatic N) is 3. The van der Waals surface area contributed by atoms with Crippen molar-refractivity contribution in [2.45, 2.75) is 26.2 Å². The summed E-state index contributed by atoms with van der Waals surface area (Å²) in [6.07, 6.45) is 16.4. The molecule has 2 atom stereocenters. The van der Waals surface area contributed by atoms with Gasteiger partial charge in [-0.15, -0.1) is 0 Å². The average molecular weight is 322 g/mol. The Morgan fingerprint density at radius 2 is 2.04 bits per heavy atom. The lowest BCUT2D eigenvalue weighted by atomic mass is 9.81. The van der Waals surface area contributed by atoms with Crippen LogP contribution in [0.1, 0.15) is 24.6 Å². The molecule has 1 aromatic rings. The zero-order valence-corrected chi connectivity index (χ0v) is 14.4. The Balaban J connectivity index is 1.57. The summed E-state index contributed by atoms with van der Waals surface area (Å²) in [4.78, 5) is 11.7. The molecule has 3 aliphatic rings. The zero-order valence-electron chi connectivity index (χ0n) is 14.4. The second-order valence-corrected chi connectivity index (χ2v) is 7.07. The molecule has 1 N–H and O–H groups in total. The highest BCUT2D eigenvalue weighted by molar-refractivity contribution is 5.51. The first kappa shape index (κ1) is 15.6. The van der Waals surface area contributed by atoms with Crippen LogP contribution in [0.2, 0.25) is 0 Å². The van der Waals surface area contributed by atoms with Gasteiger partial charge in [0.15, 0.2) is 0 Å². The van der Waals surface area contributed by atoms with E-state index in [9.17, 15) is 0 Å². The van der Waals surface area contributed by atoms with E-state index >= 15 is 0 Å². The van der Waals surface area contributed by atoms with Crippen molar-refractivity contribution in [3.63, 3.8) is 0 Å². The molecule has 0 spiro atoms. The monoisotopic (exact) mass is 322 g/mol. The Labute approximate surface area is 144 Å². The largest absolute Gasteiger partial charge is 0.354 e. The predicted octanol–water partition coefficient (Wildman–Crippen LogP) is 2.68. The topological polar surface area (TPSA) is 41.1 Å². The third-order valence-corrected chi connectivity index (χ3v) is 5.35. The molecule has 2 heterocycles. The highest BCUT2D eigenvalue weighted by atomic mass is 15.2. The lowest BCUT2D eigenvalue weighted by Gasteiger charge is -2.33. The highest BCUT2D eigenvalue weighted by Gasteiger charge is 2.27. The molecule has 2 unspecified atom stereocenters. The molecule has 1 aliphatic heterocycles. The Morgan fingerprint density at radius 1 is 1.17 bits per heavy atom. The number of anilines is 1. The van der Waals surface area contributed by atoms with Crippen molar-refractivity contribution in [2.24, 2.45) is 11.8 Å². The molecule has 24 heavy (non-hydrogen) atoms. The van der Waals surface area contributed by atoms with E-state index < -0.39 is 0 Å². The van der Waals surface area contributed by atoms with Gasteiger partial charge >= 0.3 is 0 Å². The minimum Gasteiger partial charge on any atom is -0.354 e. The van der Waals surface area contributed by atoms with E-state index in [-0.39, 0.29) is 0 Å². The van der Waals surface area contributed by atoms with Crippen LogP contribution < -0.4 is 10.2 Å². The molecule has 4 heteroatoms. The van der Waals surface area contributed by atoms with Crippen LogP contribution in [0.4, 0.5) is 5.82 Å². The number of piperazine rings is 1. The third-order valence-electron chi connectivity index (χ3n) is 5.35. The van der Waals surface area contributed by atoms with Crippen molar-refractivity contribution in [1.82, 2.24) is 15.3 Å². The molecule has 2 aliphatic carbocycles. The summed E-state index contributed by atoms with van der Waals surface area (Å²) in [5.41, 5.74) is 4.12. The summed E-state index contributed by atoms with van der Waals surface area (Å²) in [6.45, 7) is 6.44. The van der Waals surface area contributed by atoms with Gasteiger partial charge in [-0.3, -0.25) is 0 Å². The van der Waals surface area contributed by atoms with Gasteiger partial charge in [-0.25, -0.2) is 9.97 Å². The van der Waals surface area contributed by atoms with Gasteiger partial charge < -0.3 is 10.2 Å². The van der Waals surface area contributed by atoms with Crippen LogP contribution in [0.3, 0.4) is 0 Å². The molecule has 1 aromatic heterocycles. The maximum atomic E-state index is 4.64. The molecule has 0 saturated carbocycles. The lowest BCUT2D eigenvalue weighted by Crippen LogP contribution is -2.44. The van der Waals surface area contributed by atoms with Crippen molar-refractivity contribution in [3.8, 4) is 0 Å². The Bertz CT molecular complexity index is 683. The maximum Gasteiger partial charge on any atom is 0.135 e. The van der Waals surface area contributed by atoms with Crippen molar-refractivity contribution >= 4 is 5.82 Å². The number of rotatable bonds is 2. The van der Waals surface area contributed by atoms with Crippen molar-refractivity contribution in [3.05, 3.63) is 53.5 Å². The molecule has 0 bridgehead atoms. The van der Waals surface area contributed by atoms with Gasteiger partial charge in [0.1, 0.15) is 12.1 Å². The van der Waals surface area contributed by atoms with Crippen LogP contribution in [0.25, 0.3) is 0 Å². The minimum atomic E-state index is 0.512. The first-order valence-corrected chi connectivity index (χ1v) is 9.16. The SMILES string of the molecule is CC1C=CC=CC(C2CCc3c(ncnc3N3CCNCC3)C2)=C1. The van der Waals surface area contributed by atoms with Gasteiger partial charge in [0, 0.05) is 37.4 Å². The summed E-state index contributed by atoms with van der Waals surface area (Å²) in [5, 5.41) is 3.42. The van der Waals surface area contributed by atoms with Gasteiger partial charge in [0.2, 0.25) is 0 Å². The van der Waals surface area contributed by atoms with E-state index in [0.29, 0.717) is 11.8 Å². The predicted molar refractivity (Wildman–Crippen MR) is 98.2 cm³/mol. The number of hydrogen-bond donors (Lipinski definition) is 1. The molecule has 126 valence electrons. The molecule has 0 radical (unpaired) electrons. The zero-order chi connectivity index (χ0) is 16.4. The molecule has 1 fully saturated rings. The number of hydrogen-bond acceptors (Lipinski definition) is 4. The summed E-state index contributed by atoms with van der Waals surface area (Å²) in [6, 6.07) is 0. The first-order chi connectivity index (χ1) is 11.8. The fraction of sp³-hybridized carbons (Fsp3) is 0.500. The van der Waals surface area contributed by atoms with Crippen molar-refractivity contribution < 1.29 is 0 Å². The Morgan fingerprint density at radius 3 is 2.92 bits per heavy atom. The van der Waals surface area contributed by atoms with Gasteiger partial charge in [-0.05, 0) is 36.7 Å². The number of aromatic nitrogens is 2. The van der Waals surface area contributed by atoms with Crippen LogP contribution in [0.5, 0.6) is 0 Å². The third kappa shape index (κ3) is 3.16. The normalized spacial score (nSPS) is 26.7. The van der Waals surface area contributed by atoms with Crippen molar-refractivity contribution in [1.29, 1.82) is 0 Å². The van der Waals surface area contributed by atoms with Crippen molar-refractivity contribution in [2.75, 3.05) is 31.1 Å². The van der Waals surface area contributed by atoms with Gasteiger partial charge in [0.25, 0.3) is 0 Å². The van der Waals surface area contributed by atoms with Gasteiger partial charge in [-0.2, -0.15) is 0 Å². The van der Waals surface area contributed by atoms with Crippen LogP contribution >= 0.6 is 0 Å². The number of nitrogens with one attached hydrogen (secondary N) is 1. The van der Waals surface area contributed by atoms with Crippen LogP contribution in [-0.4, -0.2) is 36.1 Å². The molecule has 4 nitrogen and oxygen atoms in total. The minimum absolute atomic E-state index is 0.512. The lowest BCUT2D eigenvalue weighted by molar-refractivity contribution is 0.514. The standard InChI is InChI=1S/C20H26N4/c1-15-4-2-3-5-16(12-15)17-6-7-18-19(13-17)22-14-23-20(18)24-10-8-21-9-11-24/h2-5,12,14-15,17,21H,6-11,13H2,1H3. The molecule has 0 amide bonds. The summed E-state index contributed by atoms with van der Waals surface area (Å²) >= 11 is 0. The van der Waals surface area contributed by atoms with E-state index in [2.05, 4.69) is 57.5 Å². The molecule has 0 aromatic carbocycles. The first-order valence-electron chi connectivity index (χ1n) is 9.16. The molecular weight excluding hydrogens is 296 g/mol. The van der Waals surface area contributed by atoms with E-state index in [1.165, 1.54) is 29.1 Å². The second-order valence-electron chi connectivity index (χ2n) is 7.07. The molecule has 4 rings (SSSR count). The number of allylic oxidation sites excluding steroid dienone is 6. The average Bonchev–Trinajstić information content (AvgIpc) is 2.86. The molecule has 1 saturated heterocycles. The Hall–Kier alpha value is -1.94. The number of fused-ring (bicyclic) bond motifs is 1. The van der Waals surface area contributed by atoms with E-state index in [1.54, 1.807) is 6.33 Å². The van der Waals surface area contributed by atoms with Gasteiger partial charge in [0.05, 0.1) is 0 Å². The quantitative estimate of drug-likeness (QED) is 0.909. The smallest absolute Gasteiger partial charge is 0.135 e. The van der Waals surface area contributed by atoms with E-state index in [4.69, 9.17) is 0 Å².